The second-order valence-electron chi connectivity index (χ2n) is 5.02. The van der Waals surface area contributed by atoms with Crippen molar-refractivity contribution in [3.63, 3.8) is 0 Å². The molecule has 0 aromatic heterocycles. The number of nitrogens with two attached hydrogens (primary N) is 1. The van der Waals surface area contributed by atoms with Crippen LogP contribution in [0.15, 0.2) is 45.3 Å². The van der Waals surface area contributed by atoms with Gasteiger partial charge in [0.25, 0.3) is 0 Å². The maximum absolute atomic E-state index is 6.30. The number of ether oxygens (including phenoxy) is 2. The molecule has 2 N–H and O–H groups in total. The lowest BCUT2D eigenvalue weighted by Crippen LogP contribution is -2.24. The van der Waals surface area contributed by atoms with Crippen LogP contribution in [0.25, 0.3) is 0 Å². The third-order valence-corrected chi connectivity index (χ3v) is 4.77. The molecule has 110 valence electrons. The number of rotatable bonds is 2. The molecule has 2 aromatic carbocycles. The second kappa shape index (κ2) is 5.99. The highest BCUT2D eigenvalue weighted by molar-refractivity contribution is 9.10. The van der Waals surface area contributed by atoms with Crippen molar-refractivity contribution in [3.8, 4) is 11.5 Å². The monoisotopic (exact) mass is 411 g/mol. The third kappa shape index (κ3) is 2.96. The molecule has 2 aromatic rings. The summed E-state index contributed by atoms with van der Waals surface area (Å²) < 4.78 is 13.3. The Labute approximate surface area is 140 Å². The zero-order valence-corrected chi connectivity index (χ0v) is 14.6. The molecule has 2 atom stereocenters. The zero-order chi connectivity index (χ0) is 15.0. The third-order valence-electron chi connectivity index (χ3n) is 3.66. The molecule has 0 saturated carbocycles. The van der Waals surface area contributed by atoms with Gasteiger partial charge in [-0.05, 0) is 51.8 Å². The second-order valence-corrected chi connectivity index (χ2v) is 6.79. The fourth-order valence-electron chi connectivity index (χ4n) is 2.56. The highest BCUT2D eigenvalue weighted by Gasteiger charge is 2.27. The van der Waals surface area contributed by atoms with Gasteiger partial charge in [0, 0.05) is 22.5 Å². The lowest BCUT2D eigenvalue weighted by Gasteiger charge is -2.31. The minimum Gasteiger partial charge on any atom is -0.496 e. The highest BCUT2D eigenvalue weighted by Crippen LogP contribution is 2.41. The van der Waals surface area contributed by atoms with Crippen molar-refractivity contribution < 1.29 is 9.47 Å². The zero-order valence-electron chi connectivity index (χ0n) is 11.5. The van der Waals surface area contributed by atoms with Gasteiger partial charge in [-0.2, -0.15) is 0 Å². The first kappa shape index (κ1) is 14.9. The highest BCUT2D eigenvalue weighted by atomic mass is 79.9. The fourth-order valence-corrected chi connectivity index (χ4v) is 3.50. The average Bonchev–Trinajstić information content (AvgIpc) is 2.47. The molecule has 0 spiro atoms. The number of hydrogen-bond acceptors (Lipinski definition) is 3. The van der Waals surface area contributed by atoms with E-state index in [1.165, 1.54) is 0 Å². The summed E-state index contributed by atoms with van der Waals surface area (Å²) in [6, 6.07) is 11.9. The minimum atomic E-state index is -0.0455. The van der Waals surface area contributed by atoms with Gasteiger partial charge in [-0.25, -0.2) is 0 Å². The molecule has 1 heterocycles. The van der Waals surface area contributed by atoms with Crippen LogP contribution in [0.3, 0.4) is 0 Å². The van der Waals surface area contributed by atoms with Crippen LogP contribution in [0.2, 0.25) is 0 Å². The first-order chi connectivity index (χ1) is 10.1. The summed E-state index contributed by atoms with van der Waals surface area (Å²) in [6.45, 7) is 0. The Balaban J connectivity index is 1.92. The topological polar surface area (TPSA) is 44.5 Å². The van der Waals surface area contributed by atoms with E-state index in [0.717, 1.165) is 38.0 Å². The molecule has 1 aliphatic heterocycles. The van der Waals surface area contributed by atoms with Crippen LogP contribution in [0.1, 0.15) is 29.7 Å². The Morgan fingerprint density at radius 2 is 2.00 bits per heavy atom. The van der Waals surface area contributed by atoms with Crippen LogP contribution in [0, 0.1) is 0 Å². The summed E-state index contributed by atoms with van der Waals surface area (Å²) in [4.78, 5) is 0. The summed E-state index contributed by atoms with van der Waals surface area (Å²) in [5.41, 5.74) is 8.44. The van der Waals surface area contributed by atoms with E-state index in [1.807, 2.05) is 36.4 Å². The average molecular weight is 413 g/mol. The van der Waals surface area contributed by atoms with Gasteiger partial charge in [0.05, 0.1) is 11.6 Å². The number of fused-ring (bicyclic) bond motifs is 1. The van der Waals surface area contributed by atoms with Crippen LogP contribution in [0.5, 0.6) is 11.5 Å². The SMILES string of the molecule is COc1ccc(C2C[C@@H](N)c3cc(Br)ccc3O2)cc1Br. The summed E-state index contributed by atoms with van der Waals surface area (Å²) in [6.07, 6.45) is 0.707. The van der Waals surface area contributed by atoms with Gasteiger partial charge in [-0.3, -0.25) is 0 Å². The van der Waals surface area contributed by atoms with Gasteiger partial charge in [0.15, 0.2) is 0 Å². The van der Waals surface area contributed by atoms with Crippen molar-refractivity contribution in [2.45, 2.75) is 18.6 Å². The maximum Gasteiger partial charge on any atom is 0.133 e. The smallest absolute Gasteiger partial charge is 0.133 e. The fraction of sp³-hybridized carbons (Fsp3) is 0.250. The van der Waals surface area contributed by atoms with Crippen molar-refractivity contribution in [2.24, 2.45) is 5.73 Å². The molecule has 1 aliphatic rings. The summed E-state index contributed by atoms with van der Waals surface area (Å²) in [7, 11) is 1.65. The van der Waals surface area contributed by atoms with Gasteiger partial charge < -0.3 is 15.2 Å². The van der Waals surface area contributed by atoms with E-state index in [4.69, 9.17) is 15.2 Å². The molecule has 0 bridgehead atoms. The molecular weight excluding hydrogens is 398 g/mol. The molecule has 0 radical (unpaired) electrons. The molecule has 5 heteroatoms. The van der Waals surface area contributed by atoms with E-state index in [9.17, 15) is 0 Å². The van der Waals surface area contributed by atoms with Crippen LogP contribution in [-0.4, -0.2) is 7.11 Å². The molecule has 0 amide bonds. The minimum absolute atomic E-state index is 0.0304. The molecule has 1 unspecified atom stereocenters. The first-order valence-electron chi connectivity index (χ1n) is 6.63. The van der Waals surface area contributed by atoms with E-state index in [-0.39, 0.29) is 12.1 Å². The lowest BCUT2D eigenvalue weighted by atomic mass is 9.93. The Kier molecular flexibility index (Phi) is 4.24. The van der Waals surface area contributed by atoms with E-state index in [0.29, 0.717) is 0 Å². The molecule has 3 nitrogen and oxygen atoms in total. The van der Waals surface area contributed by atoms with Crippen molar-refractivity contribution in [2.75, 3.05) is 7.11 Å². The van der Waals surface area contributed by atoms with Crippen LogP contribution < -0.4 is 15.2 Å². The molecule has 0 fully saturated rings. The predicted molar refractivity (Wildman–Crippen MR) is 89.8 cm³/mol. The normalized spacial score (nSPS) is 20.6. The van der Waals surface area contributed by atoms with Gasteiger partial charge in [0.2, 0.25) is 0 Å². The standard InChI is InChI=1S/C16H15Br2NO2/c1-20-15-4-2-9(6-12(15)18)16-8-13(19)11-7-10(17)3-5-14(11)21-16/h2-7,13,16H,8,19H2,1H3/t13-,16?/m1/s1. The maximum atomic E-state index is 6.30. The number of hydrogen-bond donors (Lipinski definition) is 1. The van der Waals surface area contributed by atoms with Crippen molar-refractivity contribution in [1.82, 2.24) is 0 Å². The Morgan fingerprint density at radius 3 is 2.71 bits per heavy atom. The predicted octanol–water partition coefficient (Wildman–Crippen LogP) is 4.74. The molecule has 3 rings (SSSR count). The van der Waals surface area contributed by atoms with E-state index >= 15 is 0 Å². The van der Waals surface area contributed by atoms with Gasteiger partial charge in [0.1, 0.15) is 17.6 Å². The van der Waals surface area contributed by atoms with Gasteiger partial charge in [-0.1, -0.05) is 22.0 Å². The quantitative estimate of drug-likeness (QED) is 0.774. The molecular formula is C16H15Br2NO2. The number of benzene rings is 2. The van der Waals surface area contributed by atoms with Crippen LogP contribution >= 0.6 is 31.9 Å². The summed E-state index contributed by atoms with van der Waals surface area (Å²) in [5.74, 6) is 1.66. The van der Waals surface area contributed by atoms with E-state index in [1.54, 1.807) is 7.11 Å². The van der Waals surface area contributed by atoms with E-state index < -0.39 is 0 Å². The van der Waals surface area contributed by atoms with Gasteiger partial charge in [-0.15, -0.1) is 0 Å². The van der Waals surface area contributed by atoms with Crippen molar-refractivity contribution in [3.05, 3.63) is 56.5 Å². The number of methoxy groups -OCH3 is 1. The van der Waals surface area contributed by atoms with Crippen molar-refractivity contribution in [1.29, 1.82) is 0 Å². The van der Waals surface area contributed by atoms with Crippen molar-refractivity contribution >= 4 is 31.9 Å². The largest absolute Gasteiger partial charge is 0.496 e. The lowest BCUT2D eigenvalue weighted by molar-refractivity contribution is 0.161. The summed E-state index contributed by atoms with van der Waals surface area (Å²) >= 11 is 6.98. The summed E-state index contributed by atoms with van der Waals surface area (Å²) in [5, 5.41) is 0. The molecule has 21 heavy (non-hydrogen) atoms. The number of halogens is 2. The Bertz CT molecular complexity index is 675. The van der Waals surface area contributed by atoms with Crippen LogP contribution in [0.4, 0.5) is 0 Å². The van der Waals surface area contributed by atoms with Crippen LogP contribution in [-0.2, 0) is 0 Å². The Hall–Kier alpha value is -1.04. The first-order valence-corrected chi connectivity index (χ1v) is 8.22. The molecule has 0 aliphatic carbocycles. The molecule has 0 saturated heterocycles. The van der Waals surface area contributed by atoms with E-state index in [2.05, 4.69) is 31.9 Å². The Morgan fingerprint density at radius 1 is 1.19 bits per heavy atom. The van der Waals surface area contributed by atoms with Gasteiger partial charge >= 0.3 is 0 Å².